The first-order valence-corrected chi connectivity index (χ1v) is 6.61. The summed E-state index contributed by atoms with van der Waals surface area (Å²) in [4.78, 5) is 0. The van der Waals surface area contributed by atoms with E-state index in [1.807, 2.05) is 0 Å². The summed E-state index contributed by atoms with van der Waals surface area (Å²) in [7, 11) is 0. The standard InChI is InChI=1S/C13H21F3N2O/c1-10(19-7-3-6-13(14,15)16)8-12(2,9-17)18-11-4-5-11/h10-11,18H,3-8H2,1-2H3. The van der Waals surface area contributed by atoms with Gasteiger partial charge < -0.3 is 4.74 Å². The molecule has 1 aliphatic carbocycles. The van der Waals surface area contributed by atoms with Crippen molar-refractivity contribution in [2.75, 3.05) is 6.61 Å². The molecule has 6 heteroatoms. The number of ether oxygens (including phenoxy) is 1. The smallest absolute Gasteiger partial charge is 0.378 e. The molecule has 0 amide bonds. The van der Waals surface area contributed by atoms with Crippen molar-refractivity contribution in [3.63, 3.8) is 0 Å². The van der Waals surface area contributed by atoms with Gasteiger partial charge in [0.1, 0.15) is 5.54 Å². The van der Waals surface area contributed by atoms with E-state index in [2.05, 4.69) is 11.4 Å². The van der Waals surface area contributed by atoms with Gasteiger partial charge in [-0.1, -0.05) is 0 Å². The lowest BCUT2D eigenvalue weighted by atomic mass is 9.96. The maximum absolute atomic E-state index is 11.9. The zero-order chi connectivity index (χ0) is 14.5. The molecule has 1 fully saturated rings. The minimum atomic E-state index is -4.12. The van der Waals surface area contributed by atoms with E-state index in [1.54, 1.807) is 13.8 Å². The Bertz CT molecular complexity index is 323. The zero-order valence-electron chi connectivity index (χ0n) is 11.4. The largest absolute Gasteiger partial charge is 0.389 e. The Kier molecular flexibility index (Phi) is 5.63. The summed E-state index contributed by atoms with van der Waals surface area (Å²) in [5, 5.41) is 12.4. The summed E-state index contributed by atoms with van der Waals surface area (Å²) in [5.41, 5.74) is -0.662. The van der Waals surface area contributed by atoms with Gasteiger partial charge in [0, 0.05) is 25.5 Å². The van der Waals surface area contributed by atoms with Crippen molar-refractivity contribution >= 4 is 0 Å². The van der Waals surface area contributed by atoms with E-state index in [0.717, 1.165) is 12.8 Å². The first-order valence-electron chi connectivity index (χ1n) is 6.61. The number of halogens is 3. The molecule has 1 aliphatic rings. The van der Waals surface area contributed by atoms with Crippen LogP contribution in [0.25, 0.3) is 0 Å². The first kappa shape index (κ1) is 16.3. The molecule has 0 aromatic rings. The third kappa shape index (κ3) is 7.38. The Morgan fingerprint density at radius 1 is 1.42 bits per heavy atom. The summed E-state index contributed by atoms with van der Waals surface area (Å²) >= 11 is 0. The Hall–Kier alpha value is -0.800. The SMILES string of the molecule is CC(CC(C)(C#N)NC1CC1)OCCCC(F)(F)F. The third-order valence-corrected chi connectivity index (χ3v) is 3.05. The molecule has 110 valence electrons. The van der Waals surface area contributed by atoms with Gasteiger partial charge in [-0.2, -0.15) is 18.4 Å². The lowest BCUT2D eigenvalue weighted by molar-refractivity contribution is -0.138. The second-order valence-electron chi connectivity index (χ2n) is 5.47. The fraction of sp³-hybridized carbons (Fsp3) is 0.923. The Morgan fingerprint density at radius 2 is 2.05 bits per heavy atom. The molecule has 0 radical (unpaired) electrons. The van der Waals surface area contributed by atoms with Crippen molar-refractivity contribution in [3.8, 4) is 6.07 Å². The van der Waals surface area contributed by atoms with E-state index < -0.39 is 18.1 Å². The van der Waals surface area contributed by atoms with Crippen LogP contribution in [-0.2, 0) is 4.74 Å². The van der Waals surface area contributed by atoms with Gasteiger partial charge in [0.15, 0.2) is 0 Å². The normalized spacial score (nSPS) is 20.6. The van der Waals surface area contributed by atoms with E-state index in [-0.39, 0.29) is 19.1 Å². The maximum atomic E-state index is 11.9. The zero-order valence-corrected chi connectivity index (χ0v) is 11.4. The average molecular weight is 278 g/mol. The lowest BCUT2D eigenvalue weighted by Gasteiger charge is -2.26. The van der Waals surface area contributed by atoms with E-state index in [0.29, 0.717) is 12.5 Å². The van der Waals surface area contributed by atoms with Crippen molar-refractivity contribution in [1.29, 1.82) is 5.26 Å². The Balaban J connectivity index is 2.21. The molecule has 1 rings (SSSR count). The van der Waals surface area contributed by atoms with Gasteiger partial charge in [0.25, 0.3) is 0 Å². The quantitative estimate of drug-likeness (QED) is 0.694. The molecule has 19 heavy (non-hydrogen) atoms. The van der Waals surface area contributed by atoms with Crippen LogP contribution >= 0.6 is 0 Å². The van der Waals surface area contributed by atoms with Crippen LogP contribution in [0.4, 0.5) is 13.2 Å². The molecule has 2 unspecified atom stereocenters. The van der Waals surface area contributed by atoms with Crippen LogP contribution in [0.1, 0.15) is 46.0 Å². The predicted molar refractivity (Wildman–Crippen MR) is 65.5 cm³/mol. The molecule has 1 N–H and O–H groups in total. The summed E-state index contributed by atoms with van der Waals surface area (Å²) < 4.78 is 41.2. The second kappa shape index (κ2) is 6.58. The highest BCUT2D eigenvalue weighted by molar-refractivity contribution is 5.07. The molecule has 0 saturated heterocycles. The van der Waals surface area contributed by atoms with Crippen LogP contribution in [0.15, 0.2) is 0 Å². The lowest BCUT2D eigenvalue weighted by Crippen LogP contribution is -2.45. The molecule has 1 saturated carbocycles. The van der Waals surface area contributed by atoms with E-state index in [1.165, 1.54) is 0 Å². The average Bonchev–Trinajstić information content (AvgIpc) is 3.07. The molecule has 3 nitrogen and oxygen atoms in total. The van der Waals surface area contributed by atoms with Gasteiger partial charge in [0.2, 0.25) is 0 Å². The van der Waals surface area contributed by atoms with Gasteiger partial charge in [-0.15, -0.1) is 0 Å². The molecular weight excluding hydrogens is 257 g/mol. The van der Waals surface area contributed by atoms with Gasteiger partial charge >= 0.3 is 6.18 Å². The molecular formula is C13H21F3N2O. The molecule has 0 aromatic carbocycles. The van der Waals surface area contributed by atoms with E-state index in [4.69, 9.17) is 4.74 Å². The Labute approximate surface area is 112 Å². The number of alkyl halides is 3. The van der Waals surface area contributed by atoms with Crippen molar-refractivity contribution in [2.24, 2.45) is 0 Å². The fourth-order valence-electron chi connectivity index (χ4n) is 2.01. The number of hydrogen-bond acceptors (Lipinski definition) is 3. The molecule has 0 spiro atoms. The highest BCUT2D eigenvalue weighted by atomic mass is 19.4. The summed E-state index contributed by atoms with van der Waals surface area (Å²) in [6.07, 6.45) is -2.57. The maximum Gasteiger partial charge on any atom is 0.389 e. The van der Waals surface area contributed by atoms with Crippen LogP contribution in [0.5, 0.6) is 0 Å². The van der Waals surface area contributed by atoms with Crippen LogP contribution in [0, 0.1) is 11.3 Å². The highest BCUT2D eigenvalue weighted by Gasteiger charge is 2.34. The Morgan fingerprint density at radius 3 is 2.53 bits per heavy atom. The second-order valence-corrected chi connectivity index (χ2v) is 5.47. The molecule has 0 aliphatic heterocycles. The van der Waals surface area contributed by atoms with Gasteiger partial charge in [-0.25, -0.2) is 0 Å². The number of nitriles is 1. The summed E-state index contributed by atoms with van der Waals surface area (Å²) in [5.74, 6) is 0. The molecule has 0 heterocycles. The summed E-state index contributed by atoms with van der Waals surface area (Å²) in [6.45, 7) is 3.67. The van der Waals surface area contributed by atoms with Crippen LogP contribution in [0.2, 0.25) is 0 Å². The van der Waals surface area contributed by atoms with Crippen molar-refractivity contribution in [3.05, 3.63) is 0 Å². The van der Waals surface area contributed by atoms with E-state index >= 15 is 0 Å². The molecule has 0 bridgehead atoms. The first-order chi connectivity index (χ1) is 8.74. The number of nitrogens with zero attached hydrogens (tertiary/aromatic N) is 1. The summed E-state index contributed by atoms with van der Waals surface area (Å²) in [6, 6.07) is 2.63. The van der Waals surface area contributed by atoms with Crippen molar-refractivity contribution in [2.45, 2.75) is 69.8 Å². The fourth-order valence-corrected chi connectivity index (χ4v) is 2.01. The number of rotatable bonds is 8. The van der Waals surface area contributed by atoms with Crippen LogP contribution in [-0.4, -0.2) is 30.5 Å². The molecule has 0 aromatic heterocycles. The predicted octanol–water partition coefficient (Wildman–Crippen LogP) is 3.16. The molecule has 2 atom stereocenters. The number of hydrogen-bond donors (Lipinski definition) is 1. The van der Waals surface area contributed by atoms with E-state index in [9.17, 15) is 18.4 Å². The van der Waals surface area contributed by atoms with Crippen molar-refractivity contribution in [1.82, 2.24) is 5.32 Å². The number of nitrogens with one attached hydrogen (secondary N) is 1. The van der Waals surface area contributed by atoms with Gasteiger partial charge in [-0.05, 0) is 33.1 Å². The van der Waals surface area contributed by atoms with Gasteiger partial charge in [0.05, 0.1) is 12.2 Å². The highest BCUT2D eigenvalue weighted by Crippen LogP contribution is 2.25. The van der Waals surface area contributed by atoms with Crippen LogP contribution < -0.4 is 5.32 Å². The minimum Gasteiger partial charge on any atom is -0.378 e. The minimum absolute atomic E-state index is 0.0346. The van der Waals surface area contributed by atoms with Gasteiger partial charge in [-0.3, -0.25) is 5.32 Å². The van der Waals surface area contributed by atoms with Crippen LogP contribution in [0.3, 0.4) is 0 Å². The monoisotopic (exact) mass is 278 g/mol. The topological polar surface area (TPSA) is 45.0 Å². The van der Waals surface area contributed by atoms with Crippen molar-refractivity contribution < 1.29 is 17.9 Å². The third-order valence-electron chi connectivity index (χ3n) is 3.05.